The molecule has 3 heterocycles. The van der Waals surface area contributed by atoms with Crippen molar-refractivity contribution < 1.29 is 29.0 Å². The fourth-order valence-corrected chi connectivity index (χ4v) is 6.53. The van der Waals surface area contributed by atoms with Crippen molar-refractivity contribution in [2.24, 2.45) is 5.92 Å². The number of unbranched alkanes of at least 4 members (excludes halogenated alkanes) is 4. The number of amides is 2. The highest BCUT2D eigenvalue weighted by Crippen LogP contribution is 2.38. The number of carboxylic acids is 1. The van der Waals surface area contributed by atoms with E-state index in [9.17, 15) is 14.4 Å². The SMILES string of the molecule is CO[C@H]1CN(CC2CCN(C(=O)CCCCCCCC(=O)O)CC2)CC[C@H]1NC(=O)c1cc(Cl)c(N)c2c1OCC2. The van der Waals surface area contributed by atoms with Gasteiger partial charge >= 0.3 is 5.97 Å². The quantitative estimate of drug-likeness (QED) is 0.233. The molecular formula is C30H45ClN4O6. The average molecular weight is 593 g/mol. The van der Waals surface area contributed by atoms with Gasteiger partial charge in [-0.3, -0.25) is 14.4 Å². The molecule has 41 heavy (non-hydrogen) atoms. The number of fused-ring (bicyclic) bond motifs is 1. The summed E-state index contributed by atoms with van der Waals surface area (Å²) in [5.41, 5.74) is 7.80. The first-order valence-electron chi connectivity index (χ1n) is 15.1. The zero-order chi connectivity index (χ0) is 29.4. The Hall–Kier alpha value is -2.56. The second-order valence-corrected chi connectivity index (χ2v) is 12.0. The first-order valence-corrected chi connectivity index (χ1v) is 15.4. The zero-order valence-corrected chi connectivity index (χ0v) is 24.9. The van der Waals surface area contributed by atoms with Crippen LogP contribution in [0.4, 0.5) is 5.69 Å². The van der Waals surface area contributed by atoms with E-state index < -0.39 is 5.97 Å². The number of nitrogen functional groups attached to an aromatic ring is 1. The topological polar surface area (TPSA) is 134 Å². The molecule has 10 nitrogen and oxygen atoms in total. The molecule has 3 aliphatic rings. The van der Waals surface area contributed by atoms with Gasteiger partial charge in [-0.2, -0.15) is 0 Å². The van der Waals surface area contributed by atoms with E-state index in [4.69, 9.17) is 31.9 Å². The second-order valence-electron chi connectivity index (χ2n) is 11.6. The number of nitrogens with two attached hydrogens (primary N) is 1. The molecular weight excluding hydrogens is 548 g/mol. The number of carbonyl (C=O) groups is 3. The largest absolute Gasteiger partial charge is 0.492 e. The van der Waals surface area contributed by atoms with Gasteiger partial charge in [-0.25, -0.2) is 0 Å². The van der Waals surface area contributed by atoms with Crippen molar-refractivity contribution >= 4 is 35.1 Å². The number of carboxylic acid groups (broad SMARTS) is 1. The Morgan fingerprint density at radius 3 is 2.51 bits per heavy atom. The van der Waals surface area contributed by atoms with Gasteiger partial charge in [0.15, 0.2) is 0 Å². The van der Waals surface area contributed by atoms with Crippen LogP contribution in [-0.4, -0.2) is 91.3 Å². The van der Waals surface area contributed by atoms with E-state index in [1.165, 1.54) is 0 Å². The molecule has 3 aliphatic heterocycles. The number of hydrogen-bond donors (Lipinski definition) is 3. The molecule has 0 spiro atoms. The molecule has 2 saturated heterocycles. The number of hydrogen-bond acceptors (Lipinski definition) is 7. The minimum Gasteiger partial charge on any atom is -0.492 e. The van der Waals surface area contributed by atoms with Crippen molar-refractivity contribution in [2.45, 2.75) is 82.8 Å². The number of likely N-dealkylation sites (tertiary alicyclic amines) is 2. The van der Waals surface area contributed by atoms with Crippen LogP contribution in [0.2, 0.25) is 5.02 Å². The minimum atomic E-state index is -0.741. The number of ether oxygens (including phenoxy) is 2. The van der Waals surface area contributed by atoms with E-state index in [1.807, 2.05) is 4.90 Å². The summed E-state index contributed by atoms with van der Waals surface area (Å²) in [7, 11) is 1.69. The molecule has 2 atom stereocenters. The maximum absolute atomic E-state index is 13.2. The Labute approximate surface area is 247 Å². The molecule has 4 N–H and O–H groups in total. The third kappa shape index (κ3) is 8.49. The summed E-state index contributed by atoms with van der Waals surface area (Å²) in [5, 5.41) is 12.2. The molecule has 0 saturated carbocycles. The number of rotatable bonds is 13. The second kappa shape index (κ2) is 15.1. The first kappa shape index (κ1) is 31.4. The number of carbonyl (C=O) groups excluding carboxylic acids is 2. The molecule has 0 unspecified atom stereocenters. The summed E-state index contributed by atoms with van der Waals surface area (Å²) in [5.74, 6) is 0.348. The van der Waals surface area contributed by atoms with Gasteiger partial charge in [-0.1, -0.05) is 30.9 Å². The Morgan fingerprint density at radius 1 is 1.10 bits per heavy atom. The van der Waals surface area contributed by atoms with Crippen molar-refractivity contribution in [3.8, 4) is 5.75 Å². The summed E-state index contributed by atoms with van der Waals surface area (Å²) in [6.45, 7) is 4.67. The average Bonchev–Trinajstić information content (AvgIpc) is 3.45. The van der Waals surface area contributed by atoms with Crippen molar-refractivity contribution in [3.63, 3.8) is 0 Å². The van der Waals surface area contributed by atoms with E-state index >= 15 is 0 Å². The van der Waals surface area contributed by atoms with E-state index in [-0.39, 0.29) is 30.4 Å². The number of anilines is 1. The Balaban J connectivity index is 1.17. The van der Waals surface area contributed by atoms with Crippen LogP contribution in [0.15, 0.2) is 6.07 Å². The third-order valence-electron chi connectivity index (χ3n) is 8.74. The maximum atomic E-state index is 13.2. The third-order valence-corrected chi connectivity index (χ3v) is 9.06. The molecule has 0 aromatic heterocycles. The van der Waals surface area contributed by atoms with Crippen LogP contribution in [0.3, 0.4) is 0 Å². The van der Waals surface area contributed by atoms with Crippen LogP contribution < -0.4 is 15.8 Å². The Kier molecular flexibility index (Phi) is 11.5. The van der Waals surface area contributed by atoms with Gasteiger partial charge in [-0.05, 0) is 44.1 Å². The van der Waals surface area contributed by atoms with Gasteiger partial charge < -0.3 is 35.4 Å². The van der Waals surface area contributed by atoms with Gasteiger partial charge in [0.05, 0.1) is 35.0 Å². The summed E-state index contributed by atoms with van der Waals surface area (Å²) < 4.78 is 11.5. The van der Waals surface area contributed by atoms with Crippen LogP contribution >= 0.6 is 11.6 Å². The molecule has 4 rings (SSSR count). The van der Waals surface area contributed by atoms with E-state index in [1.54, 1.807) is 13.2 Å². The molecule has 11 heteroatoms. The van der Waals surface area contributed by atoms with Crippen molar-refractivity contribution in [3.05, 3.63) is 22.2 Å². The summed E-state index contributed by atoms with van der Waals surface area (Å²) >= 11 is 6.30. The van der Waals surface area contributed by atoms with Crippen LogP contribution in [0.5, 0.6) is 5.75 Å². The molecule has 0 aliphatic carbocycles. The predicted molar refractivity (Wildman–Crippen MR) is 157 cm³/mol. The molecule has 0 bridgehead atoms. The normalized spacial score (nSPS) is 21.4. The monoisotopic (exact) mass is 592 g/mol. The number of benzene rings is 1. The number of aliphatic carboxylic acids is 1. The van der Waals surface area contributed by atoms with E-state index in [2.05, 4.69) is 10.2 Å². The molecule has 1 aromatic rings. The Bertz CT molecular complexity index is 1080. The molecule has 1 aromatic carbocycles. The molecule has 0 radical (unpaired) electrons. The van der Waals surface area contributed by atoms with Gasteiger partial charge in [0, 0.05) is 64.7 Å². The highest BCUT2D eigenvalue weighted by atomic mass is 35.5. The van der Waals surface area contributed by atoms with Gasteiger partial charge in [0.2, 0.25) is 5.91 Å². The molecule has 2 fully saturated rings. The lowest BCUT2D eigenvalue weighted by Gasteiger charge is -2.41. The van der Waals surface area contributed by atoms with Crippen LogP contribution in [0.1, 0.15) is 80.1 Å². The summed E-state index contributed by atoms with van der Waals surface area (Å²) in [6.07, 6.45) is 8.55. The fraction of sp³-hybridized carbons (Fsp3) is 0.700. The van der Waals surface area contributed by atoms with Gasteiger partial charge in [0.1, 0.15) is 5.75 Å². The maximum Gasteiger partial charge on any atom is 0.303 e. The lowest BCUT2D eigenvalue weighted by molar-refractivity contribution is -0.137. The standard InChI is InChI=1S/C30H45ClN4O6/c1-40-25-19-34(13-11-24(25)33-30(39)22-17-23(31)28(32)21-12-16-41-29(21)22)18-20-9-14-35(15-10-20)26(36)7-5-3-2-4-6-8-27(37)38/h17,20,24-25H,2-16,18-19,32H2,1H3,(H,33,39)(H,37,38)/t24-,25+/m1/s1. The van der Waals surface area contributed by atoms with Gasteiger partial charge in [-0.15, -0.1) is 0 Å². The van der Waals surface area contributed by atoms with Crippen LogP contribution in [-0.2, 0) is 20.7 Å². The predicted octanol–water partition coefficient (Wildman–Crippen LogP) is 3.73. The van der Waals surface area contributed by atoms with Crippen LogP contribution in [0.25, 0.3) is 0 Å². The highest BCUT2D eigenvalue weighted by molar-refractivity contribution is 6.33. The van der Waals surface area contributed by atoms with Crippen molar-refractivity contribution in [1.82, 2.24) is 15.1 Å². The lowest BCUT2D eigenvalue weighted by atomic mass is 9.93. The first-order chi connectivity index (χ1) is 19.8. The number of halogens is 1. The minimum absolute atomic E-state index is 0.117. The smallest absolute Gasteiger partial charge is 0.303 e. The fourth-order valence-electron chi connectivity index (χ4n) is 6.30. The summed E-state index contributed by atoms with van der Waals surface area (Å²) in [4.78, 5) is 40.9. The van der Waals surface area contributed by atoms with E-state index in [0.29, 0.717) is 53.8 Å². The number of nitrogens with one attached hydrogen (secondary N) is 1. The lowest BCUT2D eigenvalue weighted by Crippen LogP contribution is -2.55. The zero-order valence-electron chi connectivity index (χ0n) is 24.2. The highest BCUT2D eigenvalue weighted by Gasteiger charge is 2.34. The van der Waals surface area contributed by atoms with Crippen molar-refractivity contribution in [2.75, 3.05) is 52.2 Å². The Morgan fingerprint density at radius 2 is 1.80 bits per heavy atom. The molecule has 2 amide bonds. The molecule has 228 valence electrons. The summed E-state index contributed by atoms with van der Waals surface area (Å²) in [6, 6.07) is 1.48. The van der Waals surface area contributed by atoms with Crippen LogP contribution in [0, 0.1) is 5.92 Å². The van der Waals surface area contributed by atoms with Crippen molar-refractivity contribution in [1.29, 1.82) is 0 Å². The van der Waals surface area contributed by atoms with Gasteiger partial charge in [0.25, 0.3) is 5.91 Å². The number of piperidine rings is 2. The number of nitrogens with zero attached hydrogens (tertiary/aromatic N) is 2. The van der Waals surface area contributed by atoms with E-state index in [0.717, 1.165) is 83.2 Å². The number of methoxy groups -OCH3 is 1.